The van der Waals surface area contributed by atoms with E-state index in [4.69, 9.17) is 0 Å². The van der Waals surface area contributed by atoms with Crippen molar-refractivity contribution in [3.05, 3.63) is 11.4 Å². The van der Waals surface area contributed by atoms with Crippen LogP contribution in [0.1, 0.15) is 24.7 Å². The second kappa shape index (κ2) is 6.92. The van der Waals surface area contributed by atoms with E-state index in [-0.39, 0.29) is 5.91 Å². The third-order valence-corrected chi connectivity index (χ3v) is 2.88. The maximum atomic E-state index is 11.6. The summed E-state index contributed by atoms with van der Waals surface area (Å²) >= 11 is 0. The summed E-state index contributed by atoms with van der Waals surface area (Å²) in [6.07, 6.45) is 0.953. The summed E-state index contributed by atoms with van der Waals surface area (Å²) < 4.78 is 0. The average molecular weight is 265 g/mol. The Bertz CT molecular complexity index is 447. The molecule has 0 aliphatic carbocycles. The first kappa shape index (κ1) is 15.2. The van der Waals surface area contributed by atoms with Crippen molar-refractivity contribution in [3.63, 3.8) is 0 Å². The van der Waals surface area contributed by atoms with Crippen molar-refractivity contribution in [2.24, 2.45) is 0 Å². The quantitative estimate of drug-likeness (QED) is 0.806. The molecule has 6 heteroatoms. The van der Waals surface area contributed by atoms with Gasteiger partial charge in [0.15, 0.2) is 0 Å². The van der Waals surface area contributed by atoms with Crippen LogP contribution < -0.4 is 15.5 Å². The van der Waals surface area contributed by atoms with Crippen LogP contribution in [-0.2, 0) is 4.79 Å². The molecule has 0 saturated heterocycles. The van der Waals surface area contributed by atoms with Gasteiger partial charge in [-0.2, -0.15) is 0 Å². The minimum absolute atomic E-state index is 0.0184. The molecule has 0 aliphatic heterocycles. The molecule has 1 heterocycles. The van der Waals surface area contributed by atoms with Crippen molar-refractivity contribution < 1.29 is 4.79 Å². The summed E-state index contributed by atoms with van der Waals surface area (Å²) in [6.45, 7) is 7.00. The summed E-state index contributed by atoms with van der Waals surface area (Å²) in [5, 5.41) is 5.71. The Labute approximate surface area is 114 Å². The number of hydrogen-bond acceptors (Lipinski definition) is 5. The lowest BCUT2D eigenvalue weighted by molar-refractivity contribution is -0.119. The van der Waals surface area contributed by atoms with E-state index >= 15 is 0 Å². The van der Waals surface area contributed by atoms with Crippen molar-refractivity contribution in [2.75, 3.05) is 37.4 Å². The van der Waals surface area contributed by atoms with Crippen LogP contribution in [0, 0.1) is 13.8 Å². The van der Waals surface area contributed by atoms with Gasteiger partial charge in [0.05, 0.1) is 6.54 Å². The van der Waals surface area contributed by atoms with Crippen LogP contribution in [0.15, 0.2) is 0 Å². The number of hydrogen-bond donors (Lipinski definition) is 2. The monoisotopic (exact) mass is 265 g/mol. The lowest BCUT2D eigenvalue weighted by Crippen LogP contribution is -2.37. The standard InChI is InChI=1S/C13H23N5O/c1-6-7-18(8-11(19)14-4)13-9(2)12(15-5)16-10(3)17-13/h6-8H2,1-5H3,(H,14,19)(H,15,16,17). The van der Waals surface area contributed by atoms with Crippen LogP contribution in [0.25, 0.3) is 0 Å². The molecule has 0 spiro atoms. The van der Waals surface area contributed by atoms with Gasteiger partial charge in [0.1, 0.15) is 17.5 Å². The van der Waals surface area contributed by atoms with Crippen molar-refractivity contribution in [2.45, 2.75) is 27.2 Å². The van der Waals surface area contributed by atoms with Gasteiger partial charge < -0.3 is 15.5 Å². The first-order valence-corrected chi connectivity index (χ1v) is 6.52. The van der Waals surface area contributed by atoms with Crippen molar-refractivity contribution in [1.29, 1.82) is 0 Å². The molecule has 0 fully saturated rings. The molecular formula is C13H23N5O. The minimum atomic E-state index is -0.0184. The van der Waals surface area contributed by atoms with E-state index in [1.165, 1.54) is 0 Å². The zero-order valence-corrected chi connectivity index (χ0v) is 12.4. The van der Waals surface area contributed by atoms with E-state index in [0.29, 0.717) is 12.4 Å². The van der Waals surface area contributed by atoms with Crippen LogP contribution in [0.5, 0.6) is 0 Å². The highest BCUT2D eigenvalue weighted by molar-refractivity contribution is 5.81. The zero-order chi connectivity index (χ0) is 14.4. The maximum absolute atomic E-state index is 11.6. The van der Waals surface area contributed by atoms with Gasteiger partial charge in [0.25, 0.3) is 0 Å². The number of nitrogens with zero attached hydrogens (tertiary/aromatic N) is 3. The third kappa shape index (κ3) is 3.81. The molecule has 0 bridgehead atoms. The number of aryl methyl sites for hydroxylation is 1. The van der Waals surface area contributed by atoms with Crippen LogP contribution in [0.4, 0.5) is 11.6 Å². The Kier molecular flexibility index (Phi) is 5.54. The van der Waals surface area contributed by atoms with E-state index in [1.54, 1.807) is 7.05 Å². The van der Waals surface area contributed by atoms with Gasteiger partial charge in [-0.3, -0.25) is 4.79 Å². The highest BCUT2D eigenvalue weighted by atomic mass is 16.1. The van der Waals surface area contributed by atoms with E-state index < -0.39 is 0 Å². The summed E-state index contributed by atoms with van der Waals surface area (Å²) in [5.41, 5.74) is 0.963. The van der Waals surface area contributed by atoms with Crippen LogP contribution in [0.2, 0.25) is 0 Å². The molecule has 1 amide bonds. The second-order valence-electron chi connectivity index (χ2n) is 4.41. The number of likely N-dealkylation sites (N-methyl/N-ethyl adjacent to an activating group) is 1. The van der Waals surface area contributed by atoms with Gasteiger partial charge in [-0.05, 0) is 20.3 Å². The fourth-order valence-corrected chi connectivity index (χ4v) is 1.95. The molecule has 106 valence electrons. The van der Waals surface area contributed by atoms with E-state index in [2.05, 4.69) is 27.5 Å². The summed E-state index contributed by atoms with van der Waals surface area (Å²) in [6, 6.07) is 0. The molecular weight excluding hydrogens is 242 g/mol. The molecule has 2 N–H and O–H groups in total. The molecule has 0 aromatic carbocycles. The number of anilines is 2. The number of carbonyl (C=O) groups excluding carboxylic acids is 1. The molecule has 0 unspecified atom stereocenters. The molecule has 6 nitrogen and oxygen atoms in total. The highest BCUT2D eigenvalue weighted by Crippen LogP contribution is 2.23. The molecule has 1 aromatic rings. The third-order valence-electron chi connectivity index (χ3n) is 2.88. The van der Waals surface area contributed by atoms with E-state index in [9.17, 15) is 4.79 Å². The highest BCUT2D eigenvalue weighted by Gasteiger charge is 2.16. The SMILES string of the molecule is CCCN(CC(=O)NC)c1nc(C)nc(NC)c1C. The smallest absolute Gasteiger partial charge is 0.239 e. The molecule has 0 atom stereocenters. The van der Waals surface area contributed by atoms with Crippen LogP contribution >= 0.6 is 0 Å². The van der Waals surface area contributed by atoms with Crippen molar-refractivity contribution >= 4 is 17.5 Å². The largest absolute Gasteiger partial charge is 0.373 e. The van der Waals surface area contributed by atoms with Crippen LogP contribution in [0.3, 0.4) is 0 Å². The summed E-state index contributed by atoms with van der Waals surface area (Å²) in [4.78, 5) is 22.4. The fraction of sp³-hybridized carbons (Fsp3) is 0.615. The predicted molar refractivity (Wildman–Crippen MR) is 77.6 cm³/mol. The Morgan fingerprint density at radius 3 is 2.47 bits per heavy atom. The molecule has 0 aliphatic rings. The summed E-state index contributed by atoms with van der Waals surface area (Å²) in [7, 11) is 3.48. The number of amides is 1. The lowest BCUT2D eigenvalue weighted by Gasteiger charge is -2.25. The van der Waals surface area contributed by atoms with Gasteiger partial charge in [0, 0.05) is 26.2 Å². The first-order chi connectivity index (χ1) is 9.03. The first-order valence-electron chi connectivity index (χ1n) is 6.52. The van der Waals surface area contributed by atoms with Gasteiger partial charge in [-0.15, -0.1) is 0 Å². The Morgan fingerprint density at radius 1 is 1.26 bits per heavy atom. The number of nitrogens with one attached hydrogen (secondary N) is 2. The topological polar surface area (TPSA) is 70.2 Å². The van der Waals surface area contributed by atoms with Crippen molar-refractivity contribution in [3.8, 4) is 0 Å². The maximum Gasteiger partial charge on any atom is 0.239 e. The minimum Gasteiger partial charge on any atom is -0.373 e. The van der Waals surface area contributed by atoms with Crippen LogP contribution in [-0.4, -0.2) is 43.1 Å². The Morgan fingerprint density at radius 2 is 1.95 bits per heavy atom. The molecule has 0 saturated carbocycles. The average Bonchev–Trinajstić information content (AvgIpc) is 2.40. The van der Waals surface area contributed by atoms with E-state index in [0.717, 1.165) is 30.2 Å². The zero-order valence-electron chi connectivity index (χ0n) is 12.4. The van der Waals surface area contributed by atoms with Gasteiger partial charge >= 0.3 is 0 Å². The van der Waals surface area contributed by atoms with E-state index in [1.807, 2.05) is 25.8 Å². The lowest BCUT2D eigenvalue weighted by atomic mass is 10.2. The molecule has 1 aromatic heterocycles. The van der Waals surface area contributed by atoms with Crippen molar-refractivity contribution in [1.82, 2.24) is 15.3 Å². The predicted octanol–water partition coefficient (Wildman–Crippen LogP) is 1.10. The fourth-order valence-electron chi connectivity index (χ4n) is 1.95. The Balaban J connectivity index is 3.14. The molecule has 19 heavy (non-hydrogen) atoms. The van der Waals surface area contributed by atoms with Gasteiger partial charge in [0.2, 0.25) is 5.91 Å². The normalized spacial score (nSPS) is 10.2. The second-order valence-corrected chi connectivity index (χ2v) is 4.41. The number of carbonyl (C=O) groups is 1. The number of aromatic nitrogens is 2. The van der Waals surface area contributed by atoms with Gasteiger partial charge in [-0.1, -0.05) is 6.92 Å². The molecule has 1 rings (SSSR count). The number of rotatable bonds is 6. The molecule has 0 radical (unpaired) electrons. The van der Waals surface area contributed by atoms with Gasteiger partial charge in [-0.25, -0.2) is 9.97 Å². The summed E-state index contributed by atoms with van der Waals surface area (Å²) in [5.74, 6) is 2.31. The Hall–Kier alpha value is -1.85.